The fraction of sp³-hybridized carbons (Fsp3) is 0.250. The fourth-order valence-corrected chi connectivity index (χ4v) is 2.37. The van der Waals surface area contributed by atoms with E-state index in [1.165, 1.54) is 23.3 Å². The topological polar surface area (TPSA) is 12.0 Å². The molecule has 2 rings (SSSR count). The quantitative estimate of drug-likeness (QED) is 0.880. The third-order valence-corrected chi connectivity index (χ3v) is 4.18. The molecule has 3 heteroatoms. The van der Waals surface area contributed by atoms with Crippen LogP contribution in [0.25, 0.3) is 0 Å². The van der Waals surface area contributed by atoms with Gasteiger partial charge >= 0.3 is 0 Å². The van der Waals surface area contributed by atoms with Crippen LogP contribution in [-0.4, -0.2) is 7.05 Å². The van der Waals surface area contributed by atoms with E-state index in [-0.39, 0.29) is 11.9 Å². The van der Waals surface area contributed by atoms with Gasteiger partial charge in [-0.1, -0.05) is 40.2 Å². The van der Waals surface area contributed by atoms with Crippen molar-refractivity contribution in [2.24, 2.45) is 0 Å². The highest BCUT2D eigenvalue weighted by molar-refractivity contribution is 9.10. The summed E-state index contributed by atoms with van der Waals surface area (Å²) < 4.78 is 14.0. The molecule has 0 amide bonds. The number of likely N-dealkylation sites (N-methyl/N-ethyl adjacent to an activating group) is 1. The van der Waals surface area contributed by atoms with Gasteiger partial charge in [0.15, 0.2) is 0 Å². The Morgan fingerprint density at radius 2 is 1.84 bits per heavy atom. The molecular weight excluding hydrogens is 305 g/mol. The zero-order valence-corrected chi connectivity index (χ0v) is 12.7. The van der Waals surface area contributed by atoms with Crippen LogP contribution in [0.1, 0.15) is 22.7 Å². The second-order valence-electron chi connectivity index (χ2n) is 4.68. The lowest BCUT2D eigenvalue weighted by atomic mass is 9.98. The monoisotopic (exact) mass is 321 g/mol. The van der Waals surface area contributed by atoms with Crippen LogP contribution in [0, 0.1) is 12.7 Å². The number of rotatable bonds is 4. The maximum absolute atomic E-state index is 12.9. The molecular formula is C16H17BrFN. The smallest absolute Gasteiger partial charge is 0.123 e. The Hall–Kier alpha value is -1.19. The summed E-state index contributed by atoms with van der Waals surface area (Å²) in [6, 6.07) is 13.3. The number of hydrogen-bond acceptors (Lipinski definition) is 1. The second-order valence-corrected chi connectivity index (χ2v) is 5.53. The van der Waals surface area contributed by atoms with E-state index in [4.69, 9.17) is 0 Å². The van der Waals surface area contributed by atoms with Crippen LogP contribution in [-0.2, 0) is 6.42 Å². The van der Waals surface area contributed by atoms with Crippen molar-refractivity contribution in [1.29, 1.82) is 0 Å². The van der Waals surface area contributed by atoms with Crippen LogP contribution in [0.15, 0.2) is 46.9 Å². The van der Waals surface area contributed by atoms with Crippen molar-refractivity contribution < 1.29 is 4.39 Å². The minimum atomic E-state index is -0.191. The van der Waals surface area contributed by atoms with Crippen molar-refractivity contribution in [2.75, 3.05) is 7.05 Å². The van der Waals surface area contributed by atoms with Gasteiger partial charge in [0.05, 0.1) is 0 Å². The molecule has 0 aliphatic rings. The minimum absolute atomic E-state index is 0.191. The van der Waals surface area contributed by atoms with E-state index in [0.29, 0.717) is 0 Å². The summed E-state index contributed by atoms with van der Waals surface area (Å²) in [6.07, 6.45) is 0.845. The van der Waals surface area contributed by atoms with Crippen molar-refractivity contribution >= 4 is 15.9 Å². The molecule has 0 fully saturated rings. The summed E-state index contributed by atoms with van der Waals surface area (Å²) in [5.41, 5.74) is 3.59. The Morgan fingerprint density at radius 1 is 1.16 bits per heavy atom. The highest BCUT2D eigenvalue weighted by Crippen LogP contribution is 2.23. The summed E-state index contributed by atoms with van der Waals surface area (Å²) in [5, 5.41) is 3.32. The van der Waals surface area contributed by atoms with Crippen molar-refractivity contribution in [3.63, 3.8) is 0 Å². The van der Waals surface area contributed by atoms with Gasteiger partial charge in [-0.15, -0.1) is 0 Å². The molecule has 0 radical (unpaired) electrons. The summed E-state index contributed by atoms with van der Waals surface area (Å²) in [4.78, 5) is 0. The molecule has 1 nitrogen and oxygen atoms in total. The van der Waals surface area contributed by atoms with Gasteiger partial charge in [0.2, 0.25) is 0 Å². The van der Waals surface area contributed by atoms with Gasteiger partial charge in [0.1, 0.15) is 5.82 Å². The average molecular weight is 322 g/mol. The number of hydrogen-bond donors (Lipinski definition) is 1. The van der Waals surface area contributed by atoms with Gasteiger partial charge in [0.25, 0.3) is 0 Å². The molecule has 19 heavy (non-hydrogen) atoms. The van der Waals surface area contributed by atoms with Gasteiger partial charge in [0, 0.05) is 10.5 Å². The maximum atomic E-state index is 12.9. The van der Waals surface area contributed by atoms with E-state index in [1.807, 2.05) is 19.2 Å². The first-order chi connectivity index (χ1) is 9.10. The largest absolute Gasteiger partial charge is 0.313 e. The lowest BCUT2D eigenvalue weighted by Gasteiger charge is -2.18. The lowest BCUT2D eigenvalue weighted by molar-refractivity contribution is 0.588. The van der Waals surface area contributed by atoms with Crippen LogP contribution in [0.3, 0.4) is 0 Å². The summed E-state index contributed by atoms with van der Waals surface area (Å²) >= 11 is 3.51. The molecule has 0 spiro atoms. The van der Waals surface area contributed by atoms with Crippen LogP contribution in [0.5, 0.6) is 0 Å². The first kappa shape index (κ1) is 14.2. The summed E-state index contributed by atoms with van der Waals surface area (Å²) in [6.45, 7) is 2.08. The van der Waals surface area contributed by atoms with Gasteiger partial charge in [-0.05, 0) is 55.3 Å². The molecule has 1 atom stereocenters. The third kappa shape index (κ3) is 3.64. The Bertz CT molecular complexity index is 551. The Balaban J connectivity index is 2.19. The molecule has 1 N–H and O–H groups in total. The molecule has 0 saturated heterocycles. The third-order valence-electron chi connectivity index (χ3n) is 3.29. The van der Waals surface area contributed by atoms with E-state index in [2.05, 4.69) is 46.4 Å². The molecule has 0 saturated carbocycles. The predicted molar refractivity (Wildman–Crippen MR) is 80.8 cm³/mol. The minimum Gasteiger partial charge on any atom is -0.313 e. The lowest BCUT2D eigenvalue weighted by Crippen LogP contribution is -2.19. The van der Waals surface area contributed by atoms with Crippen molar-refractivity contribution in [3.8, 4) is 0 Å². The Labute approximate surface area is 122 Å². The van der Waals surface area contributed by atoms with E-state index in [9.17, 15) is 4.39 Å². The molecule has 0 aliphatic carbocycles. The van der Waals surface area contributed by atoms with E-state index >= 15 is 0 Å². The molecule has 2 aromatic rings. The van der Waals surface area contributed by atoms with E-state index in [1.54, 1.807) is 0 Å². The molecule has 0 aliphatic heterocycles. The van der Waals surface area contributed by atoms with Gasteiger partial charge < -0.3 is 5.32 Å². The predicted octanol–water partition coefficient (Wildman–Crippen LogP) is 4.40. The number of nitrogens with one attached hydrogen (secondary N) is 1. The molecule has 100 valence electrons. The van der Waals surface area contributed by atoms with E-state index in [0.717, 1.165) is 16.5 Å². The Morgan fingerprint density at radius 3 is 2.42 bits per heavy atom. The normalized spacial score (nSPS) is 12.4. The fourth-order valence-electron chi connectivity index (χ4n) is 2.13. The number of halogens is 2. The SMILES string of the molecule is CNC(Cc1ccc(F)cc1)c1ccc(Br)c(C)c1. The van der Waals surface area contributed by atoms with Crippen LogP contribution in [0.4, 0.5) is 4.39 Å². The van der Waals surface area contributed by atoms with Crippen LogP contribution >= 0.6 is 15.9 Å². The average Bonchev–Trinajstić information content (AvgIpc) is 2.41. The number of benzene rings is 2. The number of aryl methyl sites for hydroxylation is 1. The Kier molecular flexibility index (Phi) is 4.72. The van der Waals surface area contributed by atoms with E-state index < -0.39 is 0 Å². The highest BCUT2D eigenvalue weighted by Gasteiger charge is 2.11. The molecule has 2 aromatic carbocycles. The zero-order valence-electron chi connectivity index (χ0n) is 11.1. The van der Waals surface area contributed by atoms with Crippen molar-refractivity contribution in [2.45, 2.75) is 19.4 Å². The van der Waals surface area contributed by atoms with Gasteiger partial charge in [-0.3, -0.25) is 0 Å². The molecule has 0 bridgehead atoms. The second kappa shape index (κ2) is 6.31. The van der Waals surface area contributed by atoms with Crippen LogP contribution < -0.4 is 5.32 Å². The van der Waals surface area contributed by atoms with Gasteiger partial charge in [-0.2, -0.15) is 0 Å². The summed E-state index contributed by atoms with van der Waals surface area (Å²) in [5.74, 6) is -0.191. The molecule has 1 unspecified atom stereocenters. The van der Waals surface area contributed by atoms with Crippen molar-refractivity contribution in [1.82, 2.24) is 5.32 Å². The molecule has 0 heterocycles. The van der Waals surface area contributed by atoms with Crippen LogP contribution in [0.2, 0.25) is 0 Å². The standard InChI is InChI=1S/C16H17BrFN/c1-11-9-13(5-8-15(11)17)16(19-2)10-12-3-6-14(18)7-4-12/h3-9,16,19H,10H2,1-2H3. The zero-order chi connectivity index (χ0) is 13.8. The highest BCUT2D eigenvalue weighted by atomic mass is 79.9. The van der Waals surface area contributed by atoms with Crippen molar-refractivity contribution in [3.05, 3.63) is 69.4 Å². The maximum Gasteiger partial charge on any atom is 0.123 e. The molecule has 0 aromatic heterocycles. The first-order valence-corrected chi connectivity index (χ1v) is 7.07. The van der Waals surface area contributed by atoms with Gasteiger partial charge in [-0.25, -0.2) is 4.39 Å². The first-order valence-electron chi connectivity index (χ1n) is 6.28. The summed E-state index contributed by atoms with van der Waals surface area (Å²) in [7, 11) is 1.95.